The van der Waals surface area contributed by atoms with Gasteiger partial charge in [0.1, 0.15) is 11.6 Å². The molecule has 0 amide bonds. The standard InChI is InChI=1S/C12H9FO2/c1-7(14)12-10-4-3-9(15)6-8(10)2-5-11(12)13/h2-6,15H,1H3. The van der Waals surface area contributed by atoms with Crippen LogP contribution in [0.1, 0.15) is 17.3 Å². The molecule has 0 aromatic heterocycles. The molecule has 76 valence electrons. The Morgan fingerprint density at radius 3 is 2.67 bits per heavy atom. The van der Waals surface area contributed by atoms with Crippen molar-refractivity contribution in [1.82, 2.24) is 0 Å². The second-order valence-corrected chi connectivity index (χ2v) is 3.38. The number of benzene rings is 2. The van der Waals surface area contributed by atoms with Crippen LogP contribution < -0.4 is 0 Å². The molecule has 0 heterocycles. The number of hydrogen-bond acceptors (Lipinski definition) is 2. The summed E-state index contributed by atoms with van der Waals surface area (Å²) < 4.78 is 13.4. The molecule has 0 radical (unpaired) electrons. The molecule has 2 aromatic carbocycles. The number of halogens is 1. The van der Waals surface area contributed by atoms with Gasteiger partial charge in [-0.15, -0.1) is 0 Å². The third kappa shape index (κ3) is 1.56. The van der Waals surface area contributed by atoms with E-state index in [4.69, 9.17) is 0 Å². The van der Waals surface area contributed by atoms with Crippen LogP contribution in [0.5, 0.6) is 5.75 Å². The van der Waals surface area contributed by atoms with Gasteiger partial charge < -0.3 is 5.11 Å². The number of phenols is 1. The minimum atomic E-state index is -0.527. The number of hydrogen-bond donors (Lipinski definition) is 1. The first-order valence-corrected chi connectivity index (χ1v) is 4.52. The molecule has 0 bridgehead atoms. The average molecular weight is 204 g/mol. The van der Waals surface area contributed by atoms with Crippen molar-refractivity contribution in [2.75, 3.05) is 0 Å². The Labute approximate surface area is 86.0 Å². The molecule has 2 aromatic rings. The monoisotopic (exact) mass is 204 g/mol. The van der Waals surface area contributed by atoms with E-state index in [1.807, 2.05) is 0 Å². The minimum Gasteiger partial charge on any atom is -0.508 e. The quantitative estimate of drug-likeness (QED) is 0.725. The van der Waals surface area contributed by atoms with Gasteiger partial charge in [0.2, 0.25) is 0 Å². The first-order valence-electron chi connectivity index (χ1n) is 4.52. The van der Waals surface area contributed by atoms with E-state index in [-0.39, 0.29) is 17.1 Å². The van der Waals surface area contributed by atoms with Crippen molar-refractivity contribution < 1.29 is 14.3 Å². The minimum absolute atomic E-state index is 0.0764. The van der Waals surface area contributed by atoms with E-state index in [0.717, 1.165) is 0 Å². The molecule has 0 saturated heterocycles. The van der Waals surface area contributed by atoms with Crippen LogP contribution in [0.25, 0.3) is 10.8 Å². The van der Waals surface area contributed by atoms with Crippen LogP contribution in [0.3, 0.4) is 0 Å². The summed E-state index contributed by atoms with van der Waals surface area (Å²) in [7, 11) is 0. The summed E-state index contributed by atoms with van der Waals surface area (Å²) in [6.45, 7) is 1.32. The Morgan fingerprint density at radius 2 is 2.00 bits per heavy atom. The maximum absolute atomic E-state index is 13.4. The molecule has 0 spiro atoms. The SMILES string of the molecule is CC(=O)c1c(F)ccc2cc(O)ccc12. The van der Waals surface area contributed by atoms with E-state index in [2.05, 4.69) is 0 Å². The van der Waals surface area contributed by atoms with Gasteiger partial charge in [0, 0.05) is 0 Å². The summed E-state index contributed by atoms with van der Waals surface area (Å²) in [5, 5.41) is 10.4. The highest BCUT2D eigenvalue weighted by Crippen LogP contribution is 2.25. The lowest BCUT2D eigenvalue weighted by Gasteiger charge is -2.05. The zero-order chi connectivity index (χ0) is 11.0. The highest BCUT2D eigenvalue weighted by Gasteiger charge is 2.11. The Bertz CT molecular complexity index is 547. The molecule has 2 rings (SSSR count). The molecule has 0 saturated carbocycles. The summed E-state index contributed by atoms with van der Waals surface area (Å²) in [6, 6.07) is 7.26. The maximum atomic E-state index is 13.4. The number of carbonyl (C=O) groups excluding carboxylic acids is 1. The Morgan fingerprint density at radius 1 is 1.27 bits per heavy atom. The van der Waals surface area contributed by atoms with Crippen LogP contribution in [0.2, 0.25) is 0 Å². The molecule has 3 heteroatoms. The van der Waals surface area contributed by atoms with E-state index >= 15 is 0 Å². The summed E-state index contributed by atoms with van der Waals surface area (Å²) in [5.74, 6) is -0.743. The number of carbonyl (C=O) groups is 1. The molecule has 0 fully saturated rings. The molecule has 15 heavy (non-hydrogen) atoms. The molecular formula is C12H9FO2. The largest absolute Gasteiger partial charge is 0.508 e. The number of aromatic hydroxyl groups is 1. The fraction of sp³-hybridized carbons (Fsp3) is 0.0833. The van der Waals surface area contributed by atoms with Gasteiger partial charge in [-0.3, -0.25) is 4.79 Å². The lowest BCUT2D eigenvalue weighted by Crippen LogP contribution is -1.98. The Hall–Kier alpha value is -1.90. The van der Waals surface area contributed by atoms with Crippen molar-refractivity contribution in [3.8, 4) is 5.75 Å². The third-order valence-corrected chi connectivity index (χ3v) is 2.30. The van der Waals surface area contributed by atoms with Gasteiger partial charge in [-0.2, -0.15) is 0 Å². The number of Topliss-reactive ketones (excluding diaryl/α,β-unsaturated/α-hetero) is 1. The molecule has 0 aliphatic carbocycles. The van der Waals surface area contributed by atoms with E-state index in [1.165, 1.54) is 31.2 Å². The van der Waals surface area contributed by atoms with E-state index < -0.39 is 5.82 Å². The molecule has 0 atom stereocenters. The van der Waals surface area contributed by atoms with Gasteiger partial charge in [-0.1, -0.05) is 6.07 Å². The predicted molar refractivity (Wildman–Crippen MR) is 55.6 cm³/mol. The van der Waals surface area contributed by atoms with Gasteiger partial charge in [0.15, 0.2) is 5.78 Å². The van der Waals surface area contributed by atoms with Crippen LogP contribution in [-0.4, -0.2) is 10.9 Å². The molecule has 1 N–H and O–H groups in total. The lowest BCUT2D eigenvalue weighted by molar-refractivity contribution is 0.101. The summed E-state index contributed by atoms with van der Waals surface area (Å²) >= 11 is 0. The summed E-state index contributed by atoms with van der Waals surface area (Å²) in [6.07, 6.45) is 0. The number of phenolic OH excluding ortho intramolecular Hbond substituents is 1. The Balaban J connectivity index is 2.88. The first kappa shape index (κ1) is 9.65. The van der Waals surface area contributed by atoms with E-state index in [9.17, 15) is 14.3 Å². The van der Waals surface area contributed by atoms with E-state index in [1.54, 1.807) is 6.07 Å². The highest BCUT2D eigenvalue weighted by atomic mass is 19.1. The normalized spacial score (nSPS) is 10.5. The van der Waals surface area contributed by atoms with Crippen molar-refractivity contribution in [2.45, 2.75) is 6.92 Å². The van der Waals surface area contributed by atoms with Crippen LogP contribution in [0.15, 0.2) is 30.3 Å². The summed E-state index contributed by atoms with van der Waals surface area (Å²) in [5.41, 5.74) is 0.0764. The zero-order valence-electron chi connectivity index (χ0n) is 8.12. The van der Waals surface area contributed by atoms with Gasteiger partial charge in [-0.25, -0.2) is 4.39 Å². The second-order valence-electron chi connectivity index (χ2n) is 3.38. The predicted octanol–water partition coefficient (Wildman–Crippen LogP) is 2.89. The third-order valence-electron chi connectivity index (χ3n) is 2.30. The van der Waals surface area contributed by atoms with Gasteiger partial charge in [0.05, 0.1) is 5.56 Å². The topological polar surface area (TPSA) is 37.3 Å². The second kappa shape index (κ2) is 3.35. The zero-order valence-corrected chi connectivity index (χ0v) is 8.12. The van der Waals surface area contributed by atoms with Gasteiger partial charge >= 0.3 is 0 Å². The smallest absolute Gasteiger partial charge is 0.163 e. The molecule has 0 unspecified atom stereocenters. The molecule has 2 nitrogen and oxygen atoms in total. The van der Waals surface area contributed by atoms with Crippen LogP contribution >= 0.6 is 0 Å². The molecule has 0 aliphatic heterocycles. The molecule has 0 aliphatic rings. The number of ketones is 1. The van der Waals surface area contributed by atoms with Crippen molar-refractivity contribution in [3.63, 3.8) is 0 Å². The van der Waals surface area contributed by atoms with Crippen LogP contribution in [0, 0.1) is 5.82 Å². The Kier molecular flexibility index (Phi) is 2.15. The first-order chi connectivity index (χ1) is 7.09. The average Bonchev–Trinajstić information content (AvgIpc) is 2.17. The van der Waals surface area contributed by atoms with Crippen molar-refractivity contribution in [2.24, 2.45) is 0 Å². The van der Waals surface area contributed by atoms with Crippen LogP contribution in [-0.2, 0) is 0 Å². The van der Waals surface area contributed by atoms with Crippen molar-refractivity contribution in [3.05, 3.63) is 41.7 Å². The lowest BCUT2D eigenvalue weighted by atomic mass is 10.0. The van der Waals surface area contributed by atoms with Gasteiger partial charge in [-0.05, 0) is 42.0 Å². The van der Waals surface area contributed by atoms with Crippen molar-refractivity contribution >= 4 is 16.6 Å². The van der Waals surface area contributed by atoms with Crippen LogP contribution in [0.4, 0.5) is 4.39 Å². The van der Waals surface area contributed by atoms with Gasteiger partial charge in [0.25, 0.3) is 0 Å². The maximum Gasteiger partial charge on any atom is 0.163 e. The fourth-order valence-corrected chi connectivity index (χ4v) is 1.65. The summed E-state index contributed by atoms with van der Waals surface area (Å²) in [4.78, 5) is 11.3. The number of rotatable bonds is 1. The van der Waals surface area contributed by atoms with Crippen molar-refractivity contribution in [1.29, 1.82) is 0 Å². The van der Waals surface area contributed by atoms with E-state index in [0.29, 0.717) is 10.8 Å². The number of fused-ring (bicyclic) bond motifs is 1. The highest BCUT2D eigenvalue weighted by molar-refractivity contribution is 6.07. The molecular weight excluding hydrogens is 195 g/mol. The fourth-order valence-electron chi connectivity index (χ4n) is 1.65.